The molecular formula is C11H10ClN3O. The van der Waals surface area contributed by atoms with Crippen molar-refractivity contribution in [2.24, 2.45) is 0 Å². The van der Waals surface area contributed by atoms with Crippen LogP contribution in [0.2, 0.25) is 5.02 Å². The summed E-state index contributed by atoms with van der Waals surface area (Å²) in [6.45, 7) is 1.86. The Morgan fingerprint density at radius 3 is 2.81 bits per heavy atom. The van der Waals surface area contributed by atoms with Crippen LogP contribution < -0.4 is 10.5 Å². The second kappa shape index (κ2) is 4.37. The van der Waals surface area contributed by atoms with E-state index >= 15 is 0 Å². The maximum atomic E-state index is 5.78. The van der Waals surface area contributed by atoms with Crippen molar-refractivity contribution in [1.29, 1.82) is 0 Å². The van der Waals surface area contributed by atoms with Gasteiger partial charge in [-0.2, -0.15) is 0 Å². The minimum absolute atomic E-state index is 0.272. The number of nitrogens with two attached hydrogens (primary N) is 1. The standard InChI is InChI=1S/C11H10ClN3O/c1-7-4-5-14-11(15-7)16-10-3-2-8(12)6-9(10)13/h2-6H,13H2,1H3. The normalized spacial score (nSPS) is 10.1. The lowest BCUT2D eigenvalue weighted by atomic mass is 10.3. The molecule has 5 heteroatoms. The van der Waals surface area contributed by atoms with Crippen LogP contribution in [0.1, 0.15) is 5.69 Å². The Kier molecular flexibility index (Phi) is 2.92. The number of benzene rings is 1. The van der Waals surface area contributed by atoms with E-state index in [1.54, 1.807) is 30.5 Å². The number of hydrogen-bond acceptors (Lipinski definition) is 4. The number of ether oxygens (including phenoxy) is 1. The highest BCUT2D eigenvalue weighted by molar-refractivity contribution is 6.30. The van der Waals surface area contributed by atoms with E-state index in [1.165, 1.54) is 0 Å². The van der Waals surface area contributed by atoms with E-state index in [0.29, 0.717) is 16.5 Å². The van der Waals surface area contributed by atoms with Crippen LogP contribution >= 0.6 is 11.6 Å². The summed E-state index contributed by atoms with van der Waals surface area (Å²) in [7, 11) is 0. The minimum Gasteiger partial charge on any atom is -0.422 e. The first kappa shape index (κ1) is 10.7. The van der Waals surface area contributed by atoms with Gasteiger partial charge in [-0.15, -0.1) is 0 Å². The fourth-order valence-corrected chi connectivity index (χ4v) is 1.37. The van der Waals surface area contributed by atoms with Crippen LogP contribution in [0.4, 0.5) is 5.69 Å². The van der Waals surface area contributed by atoms with Gasteiger partial charge in [0.05, 0.1) is 5.69 Å². The van der Waals surface area contributed by atoms with Gasteiger partial charge in [0.15, 0.2) is 5.75 Å². The molecule has 0 aliphatic heterocycles. The molecule has 16 heavy (non-hydrogen) atoms. The first-order valence-electron chi connectivity index (χ1n) is 4.67. The highest BCUT2D eigenvalue weighted by Crippen LogP contribution is 2.27. The average molecular weight is 236 g/mol. The number of nitrogen functional groups attached to an aromatic ring is 1. The van der Waals surface area contributed by atoms with Crippen molar-refractivity contribution in [2.45, 2.75) is 6.92 Å². The number of rotatable bonds is 2. The predicted molar refractivity (Wildman–Crippen MR) is 62.7 cm³/mol. The highest BCUT2D eigenvalue weighted by atomic mass is 35.5. The third-order valence-electron chi connectivity index (χ3n) is 1.95. The third-order valence-corrected chi connectivity index (χ3v) is 2.18. The summed E-state index contributed by atoms with van der Waals surface area (Å²) >= 11 is 5.78. The molecule has 0 aliphatic carbocycles. The summed E-state index contributed by atoms with van der Waals surface area (Å²) in [6, 6.07) is 7.06. The van der Waals surface area contributed by atoms with Crippen molar-refractivity contribution in [1.82, 2.24) is 9.97 Å². The lowest BCUT2D eigenvalue weighted by molar-refractivity contribution is 0.442. The highest BCUT2D eigenvalue weighted by Gasteiger charge is 2.04. The largest absolute Gasteiger partial charge is 0.422 e. The van der Waals surface area contributed by atoms with Crippen molar-refractivity contribution in [2.75, 3.05) is 5.73 Å². The van der Waals surface area contributed by atoms with Gasteiger partial charge >= 0.3 is 6.01 Å². The third kappa shape index (κ3) is 2.41. The summed E-state index contributed by atoms with van der Waals surface area (Å²) in [5, 5.41) is 0.565. The van der Waals surface area contributed by atoms with Crippen LogP contribution in [-0.4, -0.2) is 9.97 Å². The average Bonchev–Trinajstić information content (AvgIpc) is 2.22. The summed E-state index contributed by atoms with van der Waals surface area (Å²) in [4.78, 5) is 8.09. The van der Waals surface area contributed by atoms with E-state index in [1.807, 2.05) is 6.92 Å². The molecule has 0 unspecified atom stereocenters. The molecule has 0 saturated carbocycles. The van der Waals surface area contributed by atoms with Gasteiger partial charge in [-0.3, -0.25) is 0 Å². The summed E-state index contributed by atoms with van der Waals surface area (Å²) in [5.41, 5.74) is 7.03. The quantitative estimate of drug-likeness (QED) is 0.813. The topological polar surface area (TPSA) is 61.0 Å². The van der Waals surface area contributed by atoms with E-state index in [4.69, 9.17) is 22.1 Å². The van der Waals surface area contributed by atoms with Crippen LogP contribution in [-0.2, 0) is 0 Å². The van der Waals surface area contributed by atoms with Crippen LogP contribution in [0.15, 0.2) is 30.5 Å². The molecule has 2 rings (SSSR count). The maximum absolute atomic E-state index is 5.78. The monoisotopic (exact) mass is 235 g/mol. The number of anilines is 1. The van der Waals surface area contributed by atoms with Crippen molar-refractivity contribution < 1.29 is 4.74 Å². The molecule has 2 N–H and O–H groups in total. The molecule has 4 nitrogen and oxygen atoms in total. The van der Waals surface area contributed by atoms with Crippen molar-refractivity contribution in [3.63, 3.8) is 0 Å². The van der Waals surface area contributed by atoms with Gasteiger partial charge in [-0.25, -0.2) is 9.97 Å². The lowest BCUT2D eigenvalue weighted by Gasteiger charge is -2.06. The Hall–Kier alpha value is -1.81. The number of aryl methyl sites for hydroxylation is 1. The fraction of sp³-hybridized carbons (Fsp3) is 0.0909. The van der Waals surface area contributed by atoms with Gasteiger partial charge in [0.2, 0.25) is 0 Å². The molecule has 0 spiro atoms. The van der Waals surface area contributed by atoms with Gasteiger partial charge in [-0.1, -0.05) is 11.6 Å². The molecule has 0 fully saturated rings. The fourth-order valence-electron chi connectivity index (χ4n) is 1.19. The van der Waals surface area contributed by atoms with Crippen molar-refractivity contribution >= 4 is 17.3 Å². The van der Waals surface area contributed by atoms with E-state index in [2.05, 4.69) is 9.97 Å². The lowest BCUT2D eigenvalue weighted by Crippen LogP contribution is -1.96. The Labute approximate surface area is 98.0 Å². The van der Waals surface area contributed by atoms with Crippen LogP contribution in [0.3, 0.4) is 0 Å². The first-order chi connectivity index (χ1) is 7.65. The zero-order chi connectivity index (χ0) is 11.5. The van der Waals surface area contributed by atoms with E-state index in [9.17, 15) is 0 Å². The van der Waals surface area contributed by atoms with Crippen LogP contribution in [0, 0.1) is 6.92 Å². The molecule has 0 aliphatic rings. The SMILES string of the molecule is Cc1ccnc(Oc2ccc(Cl)cc2N)n1. The van der Waals surface area contributed by atoms with Crippen molar-refractivity contribution in [3.05, 3.63) is 41.2 Å². The van der Waals surface area contributed by atoms with Gasteiger partial charge in [0.25, 0.3) is 0 Å². The first-order valence-corrected chi connectivity index (χ1v) is 5.05. The van der Waals surface area contributed by atoms with Gasteiger partial charge < -0.3 is 10.5 Å². The zero-order valence-electron chi connectivity index (χ0n) is 8.64. The second-order valence-electron chi connectivity index (χ2n) is 3.26. The van der Waals surface area contributed by atoms with Crippen molar-refractivity contribution in [3.8, 4) is 11.8 Å². The molecule has 0 bridgehead atoms. The molecule has 82 valence electrons. The van der Waals surface area contributed by atoms with Crippen LogP contribution in [0.25, 0.3) is 0 Å². The zero-order valence-corrected chi connectivity index (χ0v) is 9.40. The van der Waals surface area contributed by atoms with Gasteiger partial charge in [0, 0.05) is 16.9 Å². The number of halogens is 1. The van der Waals surface area contributed by atoms with Crippen LogP contribution in [0.5, 0.6) is 11.8 Å². The summed E-state index contributed by atoms with van der Waals surface area (Å²) in [6.07, 6.45) is 1.63. The van der Waals surface area contributed by atoms with E-state index in [0.717, 1.165) is 5.69 Å². The number of nitrogens with zero attached hydrogens (tertiary/aromatic N) is 2. The molecule has 0 saturated heterocycles. The predicted octanol–water partition coefficient (Wildman–Crippen LogP) is 2.81. The summed E-state index contributed by atoms with van der Waals surface area (Å²) < 4.78 is 5.44. The Morgan fingerprint density at radius 1 is 1.31 bits per heavy atom. The Balaban J connectivity index is 2.27. The number of aromatic nitrogens is 2. The summed E-state index contributed by atoms with van der Waals surface area (Å²) in [5.74, 6) is 0.495. The Bertz CT molecular complexity index is 516. The second-order valence-corrected chi connectivity index (χ2v) is 3.70. The molecular weight excluding hydrogens is 226 g/mol. The van der Waals surface area contributed by atoms with E-state index < -0.39 is 0 Å². The van der Waals surface area contributed by atoms with Gasteiger partial charge in [0.1, 0.15) is 0 Å². The maximum Gasteiger partial charge on any atom is 0.322 e. The molecule has 1 aromatic heterocycles. The molecule has 0 amide bonds. The Morgan fingerprint density at radius 2 is 2.12 bits per heavy atom. The molecule has 0 radical (unpaired) electrons. The molecule has 1 aromatic carbocycles. The smallest absolute Gasteiger partial charge is 0.322 e. The molecule has 1 heterocycles. The number of hydrogen-bond donors (Lipinski definition) is 1. The molecule has 2 aromatic rings. The van der Waals surface area contributed by atoms with E-state index in [-0.39, 0.29) is 6.01 Å². The molecule has 0 atom stereocenters. The van der Waals surface area contributed by atoms with Gasteiger partial charge in [-0.05, 0) is 31.2 Å². The minimum atomic E-state index is 0.272.